The molecule has 6 heterocycles. The minimum atomic E-state index is -0.670. The lowest BCUT2D eigenvalue weighted by atomic mass is 10.0. The molecule has 2 atom stereocenters. The van der Waals surface area contributed by atoms with Gasteiger partial charge in [0.15, 0.2) is 0 Å². The summed E-state index contributed by atoms with van der Waals surface area (Å²) in [5.74, 6) is 0.857. The van der Waals surface area contributed by atoms with Gasteiger partial charge in [0, 0.05) is 95.5 Å². The molecule has 3 amide bonds. The van der Waals surface area contributed by atoms with Crippen molar-refractivity contribution in [3.63, 3.8) is 0 Å². The normalized spacial score (nSPS) is 14.9. The Morgan fingerprint density at radius 3 is 1.55 bits per heavy atom. The molecule has 0 bridgehead atoms. The topological polar surface area (TPSA) is 208 Å². The molecule has 88 heavy (non-hydrogen) atoms. The van der Waals surface area contributed by atoms with Crippen LogP contribution in [0.25, 0.3) is 44.3 Å². The van der Waals surface area contributed by atoms with E-state index in [1.807, 2.05) is 186 Å². The van der Waals surface area contributed by atoms with Gasteiger partial charge in [-0.25, -0.2) is 34.3 Å². The minimum Gasteiger partial charge on any atom is -0.445 e. The van der Waals surface area contributed by atoms with Gasteiger partial charge in [-0.2, -0.15) is 0 Å². The van der Waals surface area contributed by atoms with Gasteiger partial charge in [-0.15, -0.1) is 0 Å². The van der Waals surface area contributed by atoms with E-state index in [9.17, 15) is 14.4 Å². The largest absolute Gasteiger partial charge is 0.445 e. The van der Waals surface area contributed by atoms with Crippen molar-refractivity contribution in [1.82, 2.24) is 49.9 Å². The summed E-state index contributed by atoms with van der Waals surface area (Å²) in [6.07, 6.45) is 9.39. The maximum atomic E-state index is 13.5. The molecular formula is C68H80Cl2N12O6. The molecule has 0 spiro atoms. The predicted octanol–water partition coefficient (Wildman–Crippen LogP) is 16.3. The van der Waals surface area contributed by atoms with Crippen LogP contribution in [0.3, 0.4) is 0 Å². The second-order valence-corrected chi connectivity index (χ2v) is 24.2. The summed E-state index contributed by atoms with van der Waals surface area (Å²) in [5.41, 5.74) is 8.36. The first-order valence-corrected chi connectivity index (χ1v) is 29.7. The Hall–Kier alpha value is -8.71. The molecule has 4 aromatic heterocycles. The summed E-state index contributed by atoms with van der Waals surface area (Å²) in [4.78, 5) is 69.5. The predicted molar refractivity (Wildman–Crippen MR) is 352 cm³/mol. The maximum Gasteiger partial charge on any atom is 0.410 e. The van der Waals surface area contributed by atoms with Crippen molar-refractivity contribution in [2.45, 2.75) is 125 Å². The molecule has 20 heteroatoms. The standard InChI is InChI=1S/C37H39ClN6O4.C29H33ClN6O2.2CH4/c1-37(2,3)48-36(46)44(28-12-9-19-43(23-28)35(45)47-24-26-10-5-4-6-11-26)22-25-15-17-27(18-16-25)41-34-40-21-31(38)33(42-34)30-20-39-32-14-8-7-13-29(30)32;1-29(2,3)38-28(37)36(21-7-6-14-31-15-21)18-19-10-12-20(13-11-19)34-27-33-17-24(30)26(35-27)23-16-32-25-9-5-4-8-22(23)25;;/h4-8,10-11,13-18,20-21,28,39H,9,12,19,22-24H2,1-3H3,(H,40,41,42);4-5,8-13,16-17,21,31-32H,6-7,14-15,18H2,1-3H3,(H,33,34,35);2*1H4/t28-;21-;;/m11../s1. The maximum absolute atomic E-state index is 13.5. The number of carbonyl (C=O) groups excluding carboxylic acids is 3. The van der Waals surface area contributed by atoms with Crippen LogP contribution in [0.1, 0.15) is 98.8 Å². The number of H-pyrrole nitrogens is 2. The Balaban J connectivity index is 0.000000229. The molecule has 0 unspecified atom stereocenters. The SMILES string of the molecule is C.C.CC(C)(C)OC(=O)N(Cc1ccc(Nc2ncc(Cl)c(-c3c[nH]c4ccccc34)n2)cc1)[C@@H]1CCCN(C(=O)OCc2ccccc2)C1.CC(C)(C)OC(=O)N(Cc1ccc(Nc2ncc(Cl)c(-c3c[nH]c4ccccc34)n2)cc1)[C@@H]1CCCNC1. The van der Waals surface area contributed by atoms with Crippen molar-refractivity contribution in [2.75, 3.05) is 36.8 Å². The number of aromatic amines is 2. The minimum absolute atomic E-state index is 0. The van der Waals surface area contributed by atoms with Gasteiger partial charge >= 0.3 is 18.3 Å². The summed E-state index contributed by atoms with van der Waals surface area (Å²) in [7, 11) is 0. The first kappa shape index (κ1) is 65.3. The van der Waals surface area contributed by atoms with Crippen LogP contribution in [0.2, 0.25) is 10.0 Å². The molecule has 2 saturated heterocycles. The van der Waals surface area contributed by atoms with Crippen LogP contribution in [0.4, 0.5) is 37.7 Å². The van der Waals surface area contributed by atoms with E-state index >= 15 is 0 Å². The van der Waals surface area contributed by atoms with Crippen LogP contribution >= 0.6 is 23.2 Å². The van der Waals surface area contributed by atoms with Gasteiger partial charge in [-0.3, -0.25) is 9.80 Å². The van der Waals surface area contributed by atoms with Gasteiger partial charge in [-0.1, -0.05) is 129 Å². The smallest absolute Gasteiger partial charge is 0.410 e. The molecule has 2 fully saturated rings. The third kappa shape index (κ3) is 17.1. The van der Waals surface area contributed by atoms with Crippen LogP contribution in [-0.4, -0.2) is 112 Å². The molecule has 18 nitrogen and oxygen atoms in total. The van der Waals surface area contributed by atoms with Crippen molar-refractivity contribution in [1.29, 1.82) is 0 Å². The number of benzene rings is 5. The number of amides is 3. The number of para-hydroxylation sites is 2. The first-order chi connectivity index (χ1) is 41.4. The number of hydrogen-bond donors (Lipinski definition) is 5. The van der Waals surface area contributed by atoms with E-state index in [0.29, 0.717) is 59.5 Å². The van der Waals surface area contributed by atoms with E-state index in [1.165, 1.54) is 0 Å². The van der Waals surface area contributed by atoms with Gasteiger partial charge in [0.05, 0.1) is 39.9 Å². The molecule has 2 aliphatic heterocycles. The molecule has 11 rings (SSSR count). The number of carbonyl (C=O) groups is 3. The Kier molecular flexibility index (Phi) is 21.7. The fourth-order valence-corrected chi connectivity index (χ4v) is 10.8. The number of nitrogens with zero attached hydrogens (tertiary/aromatic N) is 7. The van der Waals surface area contributed by atoms with E-state index in [-0.39, 0.29) is 45.7 Å². The number of fused-ring (bicyclic) bond motifs is 2. The zero-order chi connectivity index (χ0) is 60.4. The summed E-state index contributed by atoms with van der Waals surface area (Å²) in [5, 5.41) is 12.9. The highest BCUT2D eigenvalue weighted by atomic mass is 35.5. The van der Waals surface area contributed by atoms with Crippen LogP contribution in [0, 0.1) is 0 Å². The molecule has 0 saturated carbocycles. The number of aromatic nitrogens is 6. The number of rotatable bonds is 14. The second kappa shape index (κ2) is 29.3. The molecular weight excluding hydrogens is 1150 g/mol. The zero-order valence-corrected chi connectivity index (χ0v) is 50.7. The lowest BCUT2D eigenvalue weighted by Gasteiger charge is -2.39. The highest BCUT2D eigenvalue weighted by Crippen LogP contribution is 2.35. The van der Waals surface area contributed by atoms with Crippen molar-refractivity contribution >= 4 is 86.6 Å². The van der Waals surface area contributed by atoms with Gasteiger partial charge in [0.2, 0.25) is 11.9 Å². The van der Waals surface area contributed by atoms with Gasteiger partial charge in [0.1, 0.15) is 17.8 Å². The Morgan fingerprint density at radius 1 is 0.602 bits per heavy atom. The summed E-state index contributed by atoms with van der Waals surface area (Å²) in [6.45, 7) is 14.9. The van der Waals surface area contributed by atoms with Crippen LogP contribution < -0.4 is 16.0 Å². The third-order valence-corrected chi connectivity index (χ3v) is 15.1. The molecule has 0 radical (unpaired) electrons. The fourth-order valence-electron chi connectivity index (χ4n) is 10.4. The number of nitrogens with one attached hydrogen (secondary N) is 5. The number of halogens is 2. The van der Waals surface area contributed by atoms with E-state index in [1.54, 1.807) is 22.2 Å². The summed E-state index contributed by atoms with van der Waals surface area (Å²) >= 11 is 13.0. The highest BCUT2D eigenvalue weighted by Gasteiger charge is 2.34. The van der Waals surface area contributed by atoms with Crippen molar-refractivity contribution in [3.8, 4) is 22.5 Å². The van der Waals surface area contributed by atoms with Gasteiger partial charge < -0.3 is 45.0 Å². The molecule has 462 valence electrons. The van der Waals surface area contributed by atoms with Crippen molar-refractivity contribution in [3.05, 3.63) is 179 Å². The van der Waals surface area contributed by atoms with E-state index in [0.717, 1.165) is 99.8 Å². The molecule has 5 N–H and O–H groups in total. The third-order valence-electron chi connectivity index (χ3n) is 14.6. The number of anilines is 4. The number of likely N-dealkylation sites (tertiary alicyclic amines) is 1. The lowest BCUT2D eigenvalue weighted by Crippen LogP contribution is -2.52. The number of ether oxygens (including phenoxy) is 3. The lowest BCUT2D eigenvalue weighted by molar-refractivity contribution is 0.00240. The first-order valence-electron chi connectivity index (χ1n) is 29.0. The molecule has 5 aromatic carbocycles. The average Bonchev–Trinajstić information content (AvgIpc) is 4.32. The van der Waals surface area contributed by atoms with Crippen LogP contribution in [0.15, 0.2) is 152 Å². The highest BCUT2D eigenvalue weighted by molar-refractivity contribution is 6.33. The van der Waals surface area contributed by atoms with Gasteiger partial charge in [0.25, 0.3) is 0 Å². The van der Waals surface area contributed by atoms with E-state index < -0.39 is 17.3 Å². The number of hydrogen-bond acceptors (Lipinski definition) is 13. The average molecular weight is 1230 g/mol. The fraction of sp³-hybridized carbons (Fsp3) is 0.338. The van der Waals surface area contributed by atoms with E-state index in [2.05, 4.69) is 35.9 Å². The van der Waals surface area contributed by atoms with Crippen LogP contribution in [0.5, 0.6) is 0 Å². The van der Waals surface area contributed by atoms with Crippen molar-refractivity contribution in [2.24, 2.45) is 0 Å². The molecule has 9 aromatic rings. The summed E-state index contributed by atoms with van der Waals surface area (Å²) in [6, 6.07) is 41.1. The number of piperidine rings is 2. The van der Waals surface area contributed by atoms with Crippen LogP contribution in [-0.2, 0) is 33.9 Å². The quantitative estimate of drug-likeness (QED) is 0.0643. The summed E-state index contributed by atoms with van der Waals surface area (Å²) < 4.78 is 17.1. The Bertz CT molecular complexity index is 3770. The van der Waals surface area contributed by atoms with E-state index in [4.69, 9.17) is 47.4 Å². The van der Waals surface area contributed by atoms with Crippen molar-refractivity contribution < 1.29 is 28.6 Å². The zero-order valence-electron chi connectivity index (χ0n) is 49.2. The Morgan fingerprint density at radius 2 is 1.07 bits per heavy atom. The molecule has 0 aliphatic carbocycles. The monoisotopic (exact) mass is 1230 g/mol. The second-order valence-electron chi connectivity index (χ2n) is 23.4. The van der Waals surface area contributed by atoms with Gasteiger partial charge in [-0.05, 0) is 127 Å². The Labute approximate surface area is 525 Å². The molecule has 2 aliphatic rings.